The number of nitrogens with one attached hydrogen (secondary N) is 1. The first-order valence-corrected chi connectivity index (χ1v) is 9.68. The van der Waals surface area contributed by atoms with Crippen molar-refractivity contribution < 1.29 is 4.39 Å². The molecule has 0 spiro atoms. The van der Waals surface area contributed by atoms with Crippen LogP contribution >= 0.6 is 22.9 Å². The summed E-state index contributed by atoms with van der Waals surface area (Å²) in [5, 5.41) is 5.08. The number of aryl methyl sites for hydroxylation is 3. The fraction of sp³-hybridized carbons (Fsp3) is 0.143. The van der Waals surface area contributed by atoms with Crippen LogP contribution in [0.4, 0.5) is 15.9 Å². The molecule has 0 aliphatic carbocycles. The molecule has 0 fully saturated rings. The van der Waals surface area contributed by atoms with E-state index in [1.54, 1.807) is 23.5 Å². The van der Waals surface area contributed by atoms with Crippen molar-refractivity contribution in [3.05, 3.63) is 69.6 Å². The SMILES string of the molecule is Cc1nc(Nc2ccc(Cl)cc2C)c2c(-c3ccc(F)cc3)c(C)sc2n1. The molecular weight excluding hydrogens is 381 g/mol. The first-order chi connectivity index (χ1) is 12.9. The van der Waals surface area contributed by atoms with E-state index in [1.807, 2.05) is 32.0 Å². The van der Waals surface area contributed by atoms with E-state index in [4.69, 9.17) is 11.6 Å². The molecule has 1 N–H and O–H groups in total. The van der Waals surface area contributed by atoms with Gasteiger partial charge < -0.3 is 5.32 Å². The Bertz CT molecular complexity index is 1150. The summed E-state index contributed by atoms with van der Waals surface area (Å²) >= 11 is 7.70. The maximum atomic E-state index is 13.4. The van der Waals surface area contributed by atoms with Crippen LogP contribution in [-0.4, -0.2) is 9.97 Å². The van der Waals surface area contributed by atoms with Gasteiger partial charge in [-0.05, 0) is 62.2 Å². The number of aromatic nitrogens is 2. The average molecular weight is 398 g/mol. The van der Waals surface area contributed by atoms with Crippen LogP contribution in [-0.2, 0) is 0 Å². The van der Waals surface area contributed by atoms with Gasteiger partial charge in [-0.15, -0.1) is 11.3 Å². The lowest BCUT2D eigenvalue weighted by Crippen LogP contribution is -2.00. The number of nitrogens with zero attached hydrogens (tertiary/aromatic N) is 2. The first kappa shape index (κ1) is 17.9. The molecule has 0 saturated heterocycles. The molecule has 3 nitrogen and oxygen atoms in total. The molecule has 0 aliphatic heterocycles. The van der Waals surface area contributed by atoms with E-state index >= 15 is 0 Å². The Morgan fingerprint density at radius 3 is 2.44 bits per heavy atom. The minimum Gasteiger partial charge on any atom is -0.339 e. The highest BCUT2D eigenvalue weighted by molar-refractivity contribution is 7.19. The Balaban J connectivity index is 1.93. The van der Waals surface area contributed by atoms with Gasteiger partial charge in [-0.2, -0.15) is 0 Å². The molecule has 0 amide bonds. The highest BCUT2D eigenvalue weighted by atomic mass is 35.5. The summed E-state index contributed by atoms with van der Waals surface area (Å²) in [5.41, 5.74) is 3.95. The molecule has 2 aromatic heterocycles. The van der Waals surface area contributed by atoms with Crippen molar-refractivity contribution >= 4 is 44.7 Å². The number of fused-ring (bicyclic) bond motifs is 1. The molecule has 0 unspecified atom stereocenters. The van der Waals surface area contributed by atoms with E-state index in [0.29, 0.717) is 10.8 Å². The average Bonchev–Trinajstić information content (AvgIpc) is 2.94. The summed E-state index contributed by atoms with van der Waals surface area (Å²) in [6.45, 7) is 5.93. The molecular formula is C21H17ClFN3S. The van der Waals surface area contributed by atoms with Crippen LogP contribution in [0.5, 0.6) is 0 Å². The van der Waals surface area contributed by atoms with Gasteiger partial charge in [0.15, 0.2) is 0 Å². The third-order valence-corrected chi connectivity index (χ3v) is 5.65. The van der Waals surface area contributed by atoms with Gasteiger partial charge in [0, 0.05) is 21.2 Å². The van der Waals surface area contributed by atoms with Crippen LogP contribution in [0.25, 0.3) is 21.3 Å². The van der Waals surface area contributed by atoms with Crippen molar-refractivity contribution in [3.63, 3.8) is 0 Å². The Kier molecular flexibility index (Phi) is 4.58. The predicted molar refractivity (Wildman–Crippen MR) is 112 cm³/mol. The molecule has 0 radical (unpaired) electrons. The smallest absolute Gasteiger partial charge is 0.143 e. The Labute approximate surface area is 165 Å². The van der Waals surface area contributed by atoms with Gasteiger partial charge in [0.1, 0.15) is 22.3 Å². The molecule has 4 rings (SSSR count). The van der Waals surface area contributed by atoms with Gasteiger partial charge in [-0.25, -0.2) is 14.4 Å². The quantitative estimate of drug-likeness (QED) is 0.412. The van der Waals surface area contributed by atoms with Gasteiger partial charge >= 0.3 is 0 Å². The molecule has 136 valence electrons. The molecule has 4 aromatic rings. The van der Waals surface area contributed by atoms with Gasteiger partial charge in [0.2, 0.25) is 0 Å². The van der Waals surface area contributed by atoms with Crippen molar-refractivity contribution in [1.82, 2.24) is 9.97 Å². The maximum Gasteiger partial charge on any atom is 0.143 e. The molecule has 2 aromatic carbocycles. The monoisotopic (exact) mass is 397 g/mol. The molecule has 0 bridgehead atoms. The zero-order chi connectivity index (χ0) is 19.1. The lowest BCUT2D eigenvalue weighted by Gasteiger charge is -2.12. The number of hydrogen-bond acceptors (Lipinski definition) is 4. The summed E-state index contributed by atoms with van der Waals surface area (Å²) in [5.74, 6) is 1.19. The van der Waals surface area contributed by atoms with Crippen LogP contribution in [0.3, 0.4) is 0 Å². The maximum absolute atomic E-state index is 13.4. The number of thiophene rings is 1. The van der Waals surface area contributed by atoms with Crippen molar-refractivity contribution in [2.24, 2.45) is 0 Å². The van der Waals surface area contributed by atoms with Gasteiger partial charge in [-0.3, -0.25) is 0 Å². The lowest BCUT2D eigenvalue weighted by atomic mass is 10.0. The molecule has 2 heterocycles. The highest BCUT2D eigenvalue weighted by Gasteiger charge is 2.18. The number of benzene rings is 2. The van der Waals surface area contributed by atoms with Crippen molar-refractivity contribution in [2.45, 2.75) is 20.8 Å². The third kappa shape index (κ3) is 3.40. The molecule has 0 saturated carbocycles. The van der Waals surface area contributed by atoms with E-state index in [2.05, 4.69) is 22.2 Å². The van der Waals surface area contributed by atoms with E-state index in [0.717, 1.165) is 43.3 Å². The standard InChI is InChI=1S/C21H17ClFN3S/c1-11-10-15(22)6-9-17(11)26-20-19-18(14-4-7-16(23)8-5-14)12(2)27-21(19)25-13(3)24-20/h4-10H,1-3H3,(H,24,25,26). The Hall–Kier alpha value is -2.50. The molecule has 27 heavy (non-hydrogen) atoms. The Morgan fingerprint density at radius 2 is 1.74 bits per heavy atom. The predicted octanol–water partition coefficient (Wildman–Crippen LogP) is 6.82. The van der Waals surface area contributed by atoms with Gasteiger partial charge in [0.05, 0.1) is 5.39 Å². The second kappa shape index (κ2) is 6.91. The zero-order valence-electron chi connectivity index (χ0n) is 15.1. The van der Waals surface area contributed by atoms with Gasteiger partial charge in [0.25, 0.3) is 0 Å². The second-order valence-electron chi connectivity index (χ2n) is 6.42. The van der Waals surface area contributed by atoms with E-state index in [9.17, 15) is 4.39 Å². The largest absolute Gasteiger partial charge is 0.339 e. The van der Waals surface area contributed by atoms with Crippen LogP contribution in [0.1, 0.15) is 16.3 Å². The fourth-order valence-electron chi connectivity index (χ4n) is 3.17. The number of rotatable bonds is 3. The molecule has 0 atom stereocenters. The summed E-state index contributed by atoms with van der Waals surface area (Å²) in [4.78, 5) is 11.3. The Morgan fingerprint density at radius 1 is 1.00 bits per heavy atom. The van der Waals surface area contributed by atoms with E-state index in [1.165, 1.54) is 12.1 Å². The minimum absolute atomic E-state index is 0.252. The van der Waals surface area contributed by atoms with Crippen molar-refractivity contribution in [1.29, 1.82) is 0 Å². The van der Waals surface area contributed by atoms with Crippen LogP contribution in [0.15, 0.2) is 42.5 Å². The van der Waals surface area contributed by atoms with Crippen LogP contribution < -0.4 is 5.32 Å². The molecule has 6 heteroatoms. The number of hydrogen-bond donors (Lipinski definition) is 1. The van der Waals surface area contributed by atoms with E-state index in [-0.39, 0.29) is 5.82 Å². The summed E-state index contributed by atoms with van der Waals surface area (Å²) < 4.78 is 13.4. The van der Waals surface area contributed by atoms with E-state index < -0.39 is 0 Å². The lowest BCUT2D eigenvalue weighted by molar-refractivity contribution is 0.628. The third-order valence-electron chi connectivity index (χ3n) is 4.41. The highest BCUT2D eigenvalue weighted by Crippen LogP contribution is 2.41. The van der Waals surface area contributed by atoms with Gasteiger partial charge in [-0.1, -0.05) is 23.7 Å². The van der Waals surface area contributed by atoms with Crippen molar-refractivity contribution in [3.8, 4) is 11.1 Å². The zero-order valence-corrected chi connectivity index (χ0v) is 16.7. The number of anilines is 2. The fourth-order valence-corrected chi connectivity index (χ4v) is 4.48. The first-order valence-electron chi connectivity index (χ1n) is 8.49. The molecule has 0 aliphatic rings. The minimum atomic E-state index is -0.252. The summed E-state index contributed by atoms with van der Waals surface area (Å²) in [7, 11) is 0. The van der Waals surface area contributed by atoms with Crippen LogP contribution in [0.2, 0.25) is 5.02 Å². The number of halogens is 2. The summed E-state index contributed by atoms with van der Waals surface area (Å²) in [6.07, 6.45) is 0. The van der Waals surface area contributed by atoms with Crippen LogP contribution in [0, 0.1) is 26.6 Å². The normalized spacial score (nSPS) is 11.1. The topological polar surface area (TPSA) is 37.8 Å². The summed E-state index contributed by atoms with van der Waals surface area (Å²) in [6, 6.07) is 12.2. The second-order valence-corrected chi connectivity index (χ2v) is 8.06. The van der Waals surface area contributed by atoms with Crippen molar-refractivity contribution in [2.75, 3.05) is 5.32 Å².